The molecule has 0 aliphatic rings. The number of hydrogen-bond donors (Lipinski definition) is 2. The highest BCUT2D eigenvalue weighted by molar-refractivity contribution is 7.99. The molecule has 4 N–H and O–H groups in total. The number of tetrazole rings is 1. The van der Waals surface area contributed by atoms with Crippen molar-refractivity contribution >= 4 is 23.1 Å². The molecule has 3 aromatic rings. The molecule has 0 radical (unpaired) electrons. The SMILES string of the molecule is Nc1ccc(Sc2nnnn2-c2ccccc2)cc1N. The van der Waals surface area contributed by atoms with E-state index in [1.165, 1.54) is 11.8 Å². The molecule has 3 rings (SSSR count). The summed E-state index contributed by atoms with van der Waals surface area (Å²) in [6, 6.07) is 15.2. The second kappa shape index (κ2) is 5.22. The maximum Gasteiger partial charge on any atom is 0.218 e. The van der Waals surface area contributed by atoms with E-state index in [1.54, 1.807) is 10.7 Å². The highest BCUT2D eigenvalue weighted by Gasteiger charge is 2.10. The van der Waals surface area contributed by atoms with Crippen LogP contribution < -0.4 is 11.5 Å². The molecule has 1 heterocycles. The molecule has 0 aliphatic carbocycles. The Morgan fingerprint density at radius 1 is 0.950 bits per heavy atom. The molecule has 0 amide bonds. The summed E-state index contributed by atoms with van der Waals surface area (Å²) in [6.07, 6.45) is 0. The lowest BCUT2D eigenvalue weighted by Crippen LogP contribution is -1.98. The predicted molar refractivity (Wildman–Crippen MR) is 78.5 cm³/mol. The Balaban J connectivity index is 1.92. The molecule has 100 valence electrons. The summed E-state index contributed by atoms with van der Waals surface area (Å²) >= 11 is 1.43. The molecule has 20 heavy (non-hydrogen) atoms. The van der Waals surface area contributed by atoms with Crippen molar-refractivity contribution < 1.29 is 0 Å². The molecule has 0 bridgehead atoms. The Labute approximate surface area is 119 Å². The summed E-state index contributed by atoms with van der Waals surface area (Å²) in [5, 5.41) is 12.4. The highest BCUT2D eigenvalue weighted by atomic mass is 32.2. The van der Waals surface area contributed by atoms with E-state index in [0.29, 0.717) is 16.5 Å². The van der Waals surface area contributed by atoms with Gasteiger partial charge >= 0.3 is 0 Å². The summed E-state index contributed by atoms with van der Waals surface area (Å²) < 4.78 is 1.68. The van der Waals surface area contributed by atoms with Crippen molar-refractivity contribution in [2.24, 2.45) is 0 Å². The van der Waals surface area contributed by atoms with Crippen LogP contribution in [0.3, 0.4) is 0 Å². The molecular formula is C13H12N6S. The molecule has 0 saturated heterocycles. The molecule has 6 nitrogen and oxygen atoms in total. The van der Waals surface area contributed by atoms with Gasteiger partial charge in [-0.25, -0.2) is 0 Å². The van der Waals surface area contributed by atoms with Gasteiger partial charge in [0.05, 0.1) is 17.1 Å². The predicted octanol–water partition coefficient (Wildman–Crippen LogP) is 1.98. The maximum atomic E-state index is 5.80. The molecule has 0 spiro atoms. The molecule has 7 heteroatoms. The van der Waals surface area contributed by atoms with Crippen molar-refractivity contribution in [3.05, 3.63) is 48.5 Å². The van der Waals surface area contributed by atoms with Crippen LogP contribution in [0.4, 0.5) is 11.4 Å². The van der Waals surface area contributed by atoms with Gasteiger partial charge in [0.2, 0.25) is 5.16 Å². The molecule has 0 saturated carbocycles. The zero-order valence-corrected chi connectivity index (χ0v) is 11.3. The van der Waals surface area contributed by atoms with Crippen LogP contribution >= 0.6 is 11.8 Å². The van der Waals surface area contributed by atoms with E-state index >= 15 is 0 Å². The number of nitrogen functional groups attached to an aromatic ring is 2. The Morgan fingerprint density at radius 3 is 2.50 bits per heavy atom. The largest absolute Gasteiger partial charge is 0.397 e. The van der Waals surface area contributed by atoms with Crippen LogP contribution in [-0.2, 0) is 0 Å². The molecule has 0 aliphatic heterocycles. The standard InChI is InChI=1S/C13H12N6S/c14-11-7-6-10(8-12(11)15)20-13-16-17-18-19(13)9-4-2-1-3-5-9/h1-8H,14-15H2. The van der Waals surface area contributed by atoms with Crippen molar-refractivity contribution in [3.8, 4) is 5.69 Å². The Morgan fingerprint density at radius 2 is 1.75 bits per heavy atom. The van der Waals surface area contributed by atoms with Crippen molar-refractivity contribution in [1.82, 2.24) is 20.2 Å². The first-order chi connectivity index (χ1) is 9.74. The van der Waals surface area contributed by atoms with Crippen LogP contribution in [0.1, 0.15) is 0 Å². The van der Waals surface area contributed by atoms with Crippen LogP contribution in [0.5, 0.6) is 0 Å². The molecule has 2 aromatic carbocycles. The number of benzene rings is 2. The van der Waals surface area contributed by atoms with Gasteiger partial charge in [-0.2, -0.15) is 4.68 Å². The topological polar surface area (TPSA) is 95.6 Å². The minimum absolute atomic E-state index is 0.550. The minimum atomic E-state index is 0.550. The zero-order valence-electron chi connectivity index (χ0n) is 10.5. The first-order valence-electron chi connectivity index (χ1n) is 5.91. The van der Waals surface area contributed by atoms with Gasteiger partial charge < -0.3 is 11.5 Å². The van der Waals surface area contributed by atoms with E-state index in [0.717, 1.165) is 10.6 Å². The van der Waals surface area contributed by atoms with Gasteiger partial charge in [-0.1, -0.05) is 18.2 Å². The van der Waals surface area contributed by atoms with Gasteiger partial charge in [0.1, 0.15) is 0 Å². The zero-order chi connectivity index (χ0) is 13.9. The van der Waals surface area contributed by atoms with Crippen molar-refractivity contribution in [2.45, 2.75) is 10.1 Å². The third kappa shape index (κ3) is 2.43. The number of para-hydroxylation sites is 1. The van der Waals surface area contributed by atoms with E-state index in [2.05, 4.69) is 15.5 Å². The average molecular weight is 284 g/mol. The van der Waals surface area contributed by atoms with Gasteiger partial charge in [-0.05, 0) is 52.5 Å². The van der Waals surface area contributed by atoms with Crippen molar-refractivity contribution in [1.29, 1.82) is 0 Å². The lowest BCUT2D eigenvalue weighted by atomic mass is 10.3. The van der Waals surface area contributed by atoms with Crippen LogP contribution in [0.2, 0.25) is 0 Å². The summed E-state index contributed by atoms with van der Waals surface area (Å²) in [4.78, 5) is 0.934. The van der Waals surface area contributed by atoms with E-state index in [9.17, 15) is 0 Å². The second-order valence-corrected chi connectivity index (χ2v) is 5.14. The monoisotopic (exact) mass is 284 g/mol. The number of nitrogens with zero attached hydrogens (tertiary/aromatic N) is 4. The lowest BCUT2D eigenvalue weighted by molar-refractivity contribution is 0.756. The fourth-order valence-corrected chi connectivity index (χ4v) is 2.53. The fraction of sp³-hybridized carbons (Fsp3) is 0. The molecule has 0 atom stereocenters. The average Bonchev–Trinajstić information content (AvgIpc) is 2.92. The number of hydrogen-bond acceptors (Lipinski definition) is 6. The normalized spacial score (nSPS) is 10.6. The minimum Gasteiger partial charge on any atom is -0.397 e. The first-order valence-corrected chi connectivity index (χ1v) is 6.72. The third-order valence-corrected chi connectivity index (χ3v) is 3.64. The quantitative estimate of drug-likeness (QED) is 0.714. The van der Waals surface area contributed by atoms with Crippen LogP contribution in [-0.4, -0.2) is 20.2 Å². The molecular weight excluding hydrogens is 272 g/mol. The van der Waals surface area contributed by atoms with Gasteiger partial charge in [0, 0.05) is 4.90 Å². The molecule has 0 fully saturated rings. The lowest BCUT2D eigenvalue weighted by Gasteiger charge is -2.05. The fourth-order valence-electron chi connectivity index (χ4n) is 1.70. The van der Waals surface area contributed by atoms with Gasteiger partial charge in [0.25, 0.3) is 0 Å². The Bertz CT molecular complexity index is 725. The Kier molecular flexibility index (Phi) is 3.26. The summed E-state index contributed by atoms with van der Waals surface area (Å²) in [5.41, 5.74) is 13.5. The molecule has 1 aromatic heterocycles. The summed E-state index contributed by atoms with van der Waals surface area (Å²) in [7, 11) is 0. The number of anilines is 2. The maximum absolute atomic E-state index is 5.80. The number of aromatic nitrogens is 4. The van der Waals surface area contributed by atoms with E-state index in [-0.39, 0.29) is 0 Å². The van der Waals surface area contributed by atoms with Crippen molar-refractivity contribution in [2.75, 3.05) is 11.5 Å². The smallest absolute Gasteiger partial charge is 0.218 e. The van der Waals surface area contributed by atoms with E-state index < -0.39 is 0 Å². The van der Waals surface area contributed by atoms with E-state index in [1.807, 2.05) is 42.5 Å². The summed E-state index contributed by atoms with van der Waals surface area (Å²) in [5.74, 6) is 0. The van der Waals surface area contributed by atoms with Crippen molar-refractivity contribution in [3.63, 3.8) is 0 Å². The Hall–Kier alpha value is -2.54. The molecule has 0 unspecified atom stereocenters. The van der Waals surface area contributed by atoms with Gasteiger partial charge in [-0.3, -0.25) is 0 Å². The second-order valence-electron chi connectivity index (χ2n) is 4.10. The van der Waals surface area contributed by atoms with Gasteiger partial charge in [-0.15, -0.1) is 5.10 Å². The summed E-state index contributed by atoms with van der Waals surface area (Å²) in [6.45, 7) is 0. The highest BCUT2D eigenvalue weighted by Crippen LogP contribution is 2.30. The van der Waals surface area contributed by atoms with Crippen LogP contribution in [0, 0.1) is 0 Å². The number of nitrogens with two attached hydrogens (primary N) is 2. The number of rotatable bonds is 3. The first kappa shape index (κ1) is 12.5. The van der Waals surface area contributed by atoms with E-state index in [4.69, 9.17) is 11.5 Å². The van der Waals surface area contributed by atoms with Crippen LogP contribution in [0.25, 0.3) is 5.69 Å². The van der Waals surface area contributed by atoms with Gasteiger partial charge in [0.15, 0.2) is 0 Å². The third-order valence-electron chi connectivity index (χ3n) is 2.71. The van der Waals surface area contributed by atoms with Crippen LogP contribution in [0.15, 0.2) is 58.6 Å².